The van der Waals surface area contributed by atoms with E-state index in [1.165, 1.54) is 12.8 Å². The molecule has 7 heteroatoms. The molecule has 2 atom stereocenters. The minimum absolute atomic E-state index is 0. The zero-order valence-corrected chi connectivity index (χ0v) is 16.5. The molecule has 0 bridgehead atoms. The second-order valence-electron chi connectivity index (χ2n) is 6.06. The molecule has 2 aliphatic rings. The molecule has 3 heterocycles. The summed E-state index contributed by atoms with van der Waals surface area (Å²) in [5.74, 6) is 1.63. The number of rotatable bonds is 4. The van der Waals surface area contributed by atoms with E-state index >= 15 is 0 Å². The molecule has 0 aliphatic carbocycles. The molecule has 2 fully saturated rings. The van der Waals surface area contributed by atoms with Gasteiger partial charge in [0.05, 0.1) is 12.6 Å². The van der Waals surface area contributed by atoms with E-state index in [4.69, 9.17) is 9.47 Å². The minimum Gasteiger partial charge on any atom is -0.472 e. The molecule has 6 nitrogen and oxygen atoms in total. The van der Waals surface area contributed by atoms with Crippen molar-refractivity contribution in [2.45, 2.75) is 37.9 Å². The Bertz CT molecular complexity index is 509. The normalized spacial score (nSPS) is 24.4. The number of aromatic nitrogens is 1. The van der Waals surface area contributed by atoms with Gasteiger partial charge in [0.25, 0.3) is 0 Å². The minimum atomic E-state index is 0. The first-order valence-corrected chi connectivity index (χ1v) is 8.50. The predicted molar refractivity (Wildman–Crippen MR) is 105 cm³/mol. The van der Waals surface area contributed by atoms with Crippen LogP contribution in [0.2, 0.25) is 0 Å². The van der Waals surface area contributed by atoms with E-state index in [1.807, 2.05) is 25.2 Å². The van der Waals surface area contributed by atoms with Gasteiger partial charge in [-0.15, -0.1) is 24.0 Å². The van der Waals surface area contributed by atoms with Crippen molar-refractivity contribution in [3.05, 3.63) is 24.4 Å². The maximum atomic E-state index is 5.93. The Balaban J connectivity index is 0.00000208. The first kappa shape index (κ1) is 19.2. The molecule has 0 radical (unpaired) electrons. The van der Waals surface area contributed by atoms with Gasteiger partial charge in [-0.1, -0.05) is 6.07 Å². The first-order valence-electron chi connectivity index (χ1n) is 8.50. The summed E-state index contributed by atoms with van der Waals surface area (Å²) in [5, 5.41) is 3.45. The average Bonchev–Trinajstić information content (AvgIpc) is 3.06. The van der Waals surface area contributed by atoms with E-state index in [9.17, 15) is 0 Å². The molecule has 1 N–H and O–H groups in total. The van der Waals surface area contributed by atoms with E-state index in [-0.39, 0.29) is 30.1 Å². The van der Waals surface area contributed by atoms with Crippen LogP contribution in [0.1, 0.15) is 25.7 Å². The Morgan fingerprint density at radius 3 is 3.04 bits per heavy atom. The first-order chi connectivity index (χ1) is 11.3. The van der Waals surface area contributed by atoms with Crippen LogP contribution in [0, 0.1) is 0 Å². The standard InChI is InChI=1S/C17H26N4O2.HI/c1-18-17(20-12-14-6-3-5-11-22-14)21-10-8-15(13-21)23-16-7-2-4-9-19-16;/h2,4,7,9,14-15H,3,5-6,8,10-13H2,1H3,(H,18,20);1H. The van der Waals surface area contributed by atoms with Gasteiger partial charge in [-0.2, -0.15) is 0 Å². The summed E-state index contributed by atoms with van der Waals surface area (Å²) in [6.07, 6.45) is 6.79. The fourth-order valence-electron chi connectivity index (χ4n) is 3.11. The largest absolute Gasteiger partial charge is 0.472 e. The zero-order valence-electron chi connectivity index (χ0n) is 14.2. The second-order valence-corrected chi connectivity index (χ2v) is 6.06. The highest BCUT2D eigenvalue weighted by Gasteiger charge is 2.27. The fourth-order valence-corrected chi connectivity index (χ4v) is 3.11. The summed E-state index contributed by atoms with van der Waals surface area (Å²) in [5.41, 5.74) is 0. The van der Waals surface area contributed by atoms with Crippen molar-refractivity contribution >= 4 is 29.9 Å². The van der Waals surface area contributed by atoms with Gasteiger partial charge in [0.1, 0.15) is 6.10 Å². The van der Waals surface area contributed by atoms with Gasteiger partial charge in [0.2, 0.25) is 5.88 Å². The molecule has 2 aliphatic heterocycles. The lowest BCUT2D eigenvalue weighted by molar-refractivity contribution is 0.0191. The average molecular weight is 446 g/mol. The van der Waals surface area contributed by atoms with Crippen molar-refractivity contribution in [3.8, 4) is 5.88 Å². The molecular weight excluding hydrogens is 419 g/mol. The third-order valence-electron chi connectivity index (χ3n) is 4.34. The fraction of sp³-hybridized carbons (Fsp3) is 0.647. The van der Waals surface area contributed by atoms with Gasteiger partial charge in [-0.25, -0.2) is 4.98 Å². The molecule has 134 valence electrons. The number of pyridine rings is 1. The number of aliphatic imine (C=N–C) groups is 1. The lowest BCUT2D eigenvalue weighted by atomic mass is 10.1. The molecule has 2 unspecified atom stereocenters. The van der Waals surface area contributed by atoms with Crippen LogP contribution in [-0.4, -0.2) is 61.3 Å². The van der Waals surface area contributed by atoms with Crippen LogP contribution in [0.5, 0.6) is 5.88 Å². The van der Waals surface area contributed by atoms with Gasteiger partial charge < -0.3 is 19.7 Å². The van der Waals surface area contributed by atoms with Gasteiger partial charge >= 0.3 is 0 Å². The Hall–Kier alpha value is -1.09. The summed E-state index contributed by atoms with van der Waals surface area (Å²) >= 11 is 0. The van der Waals surface area contributed by atoms with E-state index in [0.29, 0.717) is 12.0 Å². The van der Waals surface area contributed by atoms with E-state index in [1.54, 1.807) is 6.20 Å². The molecule has 0 spiro atoms. The summed E-state index contributed by atoms with van der Waals surface area (Å²) in [6.45, 7) is 3.49. The Labute approximate surface area is 161 Å². The van der Waals surface area contributed by atoms with Gasteiger partial charge in [-0.3, -0.25) is 4.99 Å². The summed E-state index contributed by atoms with van der Waals surface area (Å²) in [6, 6.07) is 5.74. The van der Waals surface area contributed by atoms with E-state index < -0.39 is 0 Å². The highest BCUT2D eigenvalue weighted by Crippen LogP contribution is 2.16. The smallest absolute Gasteiger partial charge is 0.213 e. The number of ether oxygens (including phenoxy) is 2. The number of nitrogens with one attached hydrogen (secondary N) is 1. The molecule has 2 saturated heterocycles. The third-order valence-corrected chi connectivity index (χ3v) is 4.34. The highest BCUT2D eigenvalue weighted by atomic mass is 127. The number of hydrogen-bond donors (Lipinski definition) is 1. The van der Waals surface area contributed by atoms with Crippen LogP contribution < -0.4 is 10.1 Å². The van der Waals surface area contributed by atoms with E-state index in [0.717, 1.165) is 45.0 Å². The molecule has 0 saturated carbocycles. The lowest BCUT2D eigenvalue weighted by Crippen LogP contribution is -2.44. The van der Waals surface area contributed by atoms with Crippen LogP contribution in [0.4, 0.5) is 0 Å². The predicted octanol–water partition coefficient (Wildman–Crippen LogP) is 2.30. The van der Waals surface area contributed by atoms with Crippen LogP contribution in [0.15, 0.2) is 29.4 Å². The number of nitrogens with zero attached hydrogens (tertiary/aromatic N) is 3. The highest BCUT2D eigenvalue weighted by molar-refractivity contribution is 14.0. The van der Waals surface area contributed by atoms with Crippen LogP contribution in [-0.2, 0) is 4.74 Å². The number of halogens is 1. The molecule has 0 aromatic carbocycles. The quantitative estimate of drug-likeness (QED) is 0.437. The number of likely N-dealkylation sites (tertiary alicyclic amines) is 1. The third kappa shape index (κ3) is 5.47. The van der Waals surface area contributed by atoms with Crippen molar-refractivity contribution in [2.24, 2.45) is 4.99 Å². The van der Waals surface area contributed by atoms with Crippen molar-refractivity contribution in [1.82, 2.24) is 15.2 Å². The molecule has 3 rings (SSSR count). The maximum absolute atomic E-state index is 5.93. The number of hydrogen-bond acceptors (Lipinski definition) is 4. The summed E-state index contributed by atoms with van der Waals surface area (Å²) in [4.78, 5) is 10.9. The Kier molecular flexibility index (Phi) is 8.04. The van der Waals surface area contributed by atoms with Crippen LogP contribution in [0.25, 0.3) is 0 Å². The van der Waals surface area contributed by atoms with Crippen molar-refractivity contribution in [2.75, 3.05) is 33.3 Å². The molecule has 24 heavy (non-hydrogen) atoms. The molecular formula is C17H27IN4O2. The van der Waals surface area contributed by atoms with Gasteiger partial charge in [-0.05, 0) is 25.3 Å². The lowest BCUT2D eigenvalue weighted by Gasteiger charge is -2.26. The number of guanidine groups is 1. The van der Waals surface area contributed by atoms with Crippen molar-refractivity contribution in [3.63, 3.8) is 0 Å². The van der Waals surface area contributed by atoms with Crippen molar-refractivity contribution < 1.29 is 9.47 Å². The monoisotopic (exact) mass is 446 g/mol. The van der Waals surface area contributed by atoms with E-state index in [2.05, 4.69) is 20.2 Å². The Morgan fingerprint density at radius 1 is 1.42 bits per heavy atom. The van der Waals surface area contributed by atoms with Gasteiger partial charge in [0, 0.05) is 45.4 Å². The maximum Gasteiger partial charge on any atom is 0.213 e. The zero-order chi connectivity index (χ0) is 15.9. The topological polar surface area (TPSA) is 59.0 Å². The Morgan fingerprint density at radius 2 is 2.33 bits per heavy atom. The summed E-state index contributed by atoms with van der Waals surface area (Å²) in [7, 11) is 1.83. The molecule has 0 amide bonds. The molecule has 1 aromatic rings. The van der Waals surface area contributed by atoms with Crippen LogP contribution >= 0.6 is 24.0 Å². The summed E-state index contributed by atoms with van der Waals surface area (Å²) < 4.78 is 11.7. The van der Waals surface area contributed by atoms with Crippen molar-refractivity contribution in [1.29, 1.82) is 0 Å². The molecule has 1 aromatic heterocycles. The SMILES string of the molecule is CN=C(NCC1CCCCO1)N1CCC(Oc2ccccn2)C1.I. The van der Waals surface area contributed by atoms with Gasteiger partial charge in [0.15, 0.2) is 5.96 Å². The van der Waals surface area contributed by atoms with Crippen LogP contribution in [0.3, 0.4) is 0 Å². The second kappa shape index (κ2) is 10.0.